The van der Waals surface area contributed by atoms with Gasteiger partial charge < -0.3 is 19.1 Å². The number of para-hydroxylation sites is 2. The van der Waals surface area contributed by atoms with Crippen LogP contribution in [0.1, 0.15) is 30.4 Å². The molecule has 5 atom stereocenters. The molecule has 0 spiro atoms. The number of nitrogens with zero attached hydrogens (tertiary/aromatic N) is 1. The van der Waals surface area contributed by atoms with Crippen molar-refractivity contribution in [3.8, 4) is 11.5 Å². The smallest absolute Gasteiger partial charge is 0.348 e. The summed E-state index contributed by atoms with van der Waals surface area (Å²) < 4.78 is 13.0. The van der Waals surface area contributed by atoms with Crippen LogP contribution >= 0.6 is 0 Å². The summed E-state index contributed by atoms with van der Waals surface area (Å²) in [4.78, 5) is 13.5. The summed E-state index contributed by atoms with van der Waals surface area (Å²) in [6.07, 6.45) is 2.96. The normalized spacial score (nSPS) is 34.2. The zero-order valence-corrected chi connectivity index (χ0v) is 16.7. The zero-order valence-electron chi connectivity index (χ0n) is 16.7. The maximum absolute atomic E-state index is 13.5. The first kappa shape index (κ1) is 17.5. The summed E-state index contributed by atoms with van der Waals surface area (Å²) in [7, 11) is 4.63. The van der Waals surface area contributed by atoms with Crippen molar-refractivity contribution < 1.29 is 23.9 Å². The Morgan fingerprint density at radius 3 is 2.03 bits per heavy atom. The van der Waals surface area contributed by atoms with Gasteiger partial charge in [0.25, 0.3) is 0 Å². The third kappa shape index (κ3) is 2.26. The van der Waals surface area contributed by atoms with Gasteiger partial charge in [-0.15, -0.1) is 0 Å². The standard InChI is InChI=1S/C24H26NO4/c1-25(2)19-11-14(12-20(25)16-13-15(16)19)28-23(26)24(27)17-7-3-5-9-21(17)29-22-10-6-4-8-18(22)24/h3-10,14-16,19-20,27H,11-13H2,1-2H3/q+1/t14?,15-,16?,19?,20?/m1/s1. The number of benzene rings is 2. The van der Waals surface area contributed by atoms with Gasteiger partial charge in [-0.05, 0) is 18.6 Å². The molecular formula is C24H26NO4+. The minimum absolute atomic E-state index is 0.136. The van der Waals surface area contributed by atoms with Crippen molar-refractivity contribution in [3.63, 3.8) is 0 Å². The topological polar surface area (TPSA) is 55.8 Å². The molecule has 5 nitrogen and oxygen atoms in total. The molecule has 1 saturated carbocycles. The number of piperidine rings is 2. The maximum Gasteiger partial charge on any atom is 0.348 e. The number of aliphatic hydroxyl groups is 1. The molecule has 3 fully saturated rings. The first-order chi connectivity index (χ1) is 13.9. The number of fused-ring (bicyclic) bond motifs is 7. The average Bonchev–Trinajstić information content (AvgIpc) is 3.46. The van der Waals surface area contributed by atoms with Crippen molar-refractivity contribution in [2.24, 2.45) is 11.8 Å². The van der Waals surface area contributed by atoms with Gasteiger partial charge in [0, 0.05) is 35.8 Å². The van der Waals surface area contributed by atoms with E-state index in [0.717, 1.165) is 29.2 Å². The molecule has 150 valence electrons. The van der Waals surface area contributed by atoms with E-state index < -0.39 is 11.6 Å². The van der Waals surface area contributed by atoms with Crippen LogP contribution in [0.4, 0.5) is 0 Å². The van der Waals surface area contributed by atoms with Crippen LogP contribution in [-0.2, 0) is 15.1 Å². The minimum Gasteiger partial charge on any atom is -0.459 e. The van der Waals surface area contributed by atoms with E-state index in [1.165, 1.54) is 6.42 Å². The second-order valence-electron chi connectivity index (χ2n) is 9.63. The largest absolute Gasteiger partial charge is 0.459 e. The second-order valence-corrected chi connectivity index (χ2v) is 9.63. The third-order valence-corrected chi connectivity index (χ3v) is 7.94. The molecule has 1 aliphatic carbocycles. The predicted molar refractivity (Wildman–Crippen MR) is 106 cm³/mol. The van der Waals surface area contributed by atoms with E-state index in [4.69, 9.17) is 9.47 Å². The van der Waals surface area contributed by atoms with Gasteiger partial charge in [0.1, 0.15) is 17.6 Å². The van der Waals surface area contributed by atoms with Crippen molar-refractivity contribution in [1.82, 2.24) is 0 Å². The molecule has 4 unspecified atom stereocenters. The first-order valence-corrected chi connectivity index (χ1v) is 10.5. The number of carbonyl (C=O) groups is 1. The summed E-state index contributed by atoms with van der Waals surface area (Å²) in [6.45, 7) is 0. The number of ether oxygens (including phenoxy) is 2. The lowest BCUT2D eigenvalue weighted by atomic mass is 9.83. The van der Waals surface area contributed by atoms with Gasteiger partial charge in [-0.2, -0.15) is 0 Å². The minimum atomic E-state index is -1.85. The van der Waals surface area contributed by atoms with Gasteiger partial charge in [0.2, 0.25) is 5.60 Å². The Kier molecular flexibility index (Phi) is 3.38. The Labute approximate surface area is 170 Å². The van der Waals surface area contributed by atoms with E-state index in [2.05, 4.69) is 14.1 Å². The molecule has 4 aliphatic rings. The van der Waals surface area contributed by atoms with Crippen molar-refractivity contribution in [3.05, 3.63) is 59.7 Å². The van der Waals surface area contributed by atoms with Gasteiger partial charge in [-0.1, -0.05) is 36.4 Å². The van der Waals surface area contributed by atoms with Crippen LogP contribution in [0.5, 0.6) is 11.5 Å². The lowest BCUT2D eigenvalue weighted by molar-refractivity contribution is -0.937. The van der Waals surface area contributed by atoms with E-state index in [1.54, 1.807) is 24.3 Å². The molecule has 2 saturated heterocycles. The number of rotatable bonds is 2. The molecule has 5 heteroatoms. The molecule has 1 N–H and O–H groups in total. The Hall–Kier alpha value is -2.37. The molecule has 6 rings (SSSR count). The van der Waals surface area contributed by atoms with Crippen LogP contribution in [0.15, 0.2) is 48.5 Å². The molecule has 2 aromatic rings. The van der Waals surface area contributed by atoms with E-state index in [0.29, 0.717) is 34.7 Å². The zero-order chi connectivity index (χ0) is 20.0. The van der Waals surface area contributed by atoms with E-state index in [-0.39, 0.29) is 6.10 Å². The summed E-state index contributed by atoms with van der Waals surface area (Å²) in [5, 5.41) is 11.7. The molecule has 3 aliphatic heterocycles. The number of esters is 1. The Balaban J connectivity index is 1.34. The fraction of sp³-hybridized carbons (Fsp3) is 0.458. The number of hydrogen-bond acceptors (Lipinski definition) is 4. The second kappa shape index (κ2) is 5.61. The van der Waals surface area contributed by atoms with Crippen LogP contribution in [-0.4, -0.2) is 47.8 Å². The SMILES string of the molecule is C[N+]1(C)C2CC(OC(=O)C3(O)c4ccccc4Oc4ccccc43)CC1[C@@H]1CC21. The lowest BCUT2D eigenvalue weighted by Crippen LogP contribution is -2.59. The number of quaternary nitrogens is 1. The summed E-state index contributed by atoms with van der Waals surface area (Å²) in [6, 6.07) is 15.4. The monoisotopic (exact) mass is 392 g/mol. The molecule has 2 aromatic carbocycles. The quantitative estimate of drug-likeness (QED) is 0.630. The van der Waals surface area contributed by atoms with Crippen LogP contribution in [0.2, 0.25) is 0 Å². The number of carbonyl (C=O) groups excluding carboxylic acids is 1. The average molecular weight is 392 g/mol. The highest BCUT2D eigenvalue weighted by Crippen LogP contribution is 2.61. The fourth-order valence-corrected chi connectivity index (χ4v) is 6.41. The lowest BCUT2D eigenvalue weighted by Gasteiger charge is -2.46. The van der Waals surface area contributed by atoms with Gasteiger partial charge >= 0.3 is 5.97 Å². The van der Waals surface area contributed by atoms with E-state index >= 15 is 0 Å². The fourth-order valence-electron chi connectivity index (χ4n) is 6.41. The molecule has 0 radical (unpaired) electrons. The van der Waals surface area contributed by atoms with Crippen molar-refractivity contribution in [1.29, 1.82) is 0 Å². The van der Waals surface area contributed by atoms with Crippen LogP contribution in [0.25, 0.3) is 0 Å². The van der Waals surface area contributed by atoms with Crippen molar-refractivity contribution >= 4 is 5.97 Å². The maximum atomic E-state index is 13.5. The summed E-state index contributed by atoms with van der Waals surface area (Å²) in [5.41, 5.74) is -0.960. The van der Waals surface area contributed by atoms with Gasteiger partial charge in [0.05, 0.1) is 26.2 Å². The molecule has 0 aromatic heterocycles. The van der Waals surface area contributed by atoms with Gasteiger partial charge in [0.15, 0.2) is 0 Å². The highest BCUT2D eigenvalue weighted by atomic mass is 16.6. The summed E-state index contributed by atoms with van der Waals surface area (Å²) in [5.74, 6) is 1.96. The Morgan fingerprint density at radius 2 is 1.48 bits per heavy atom. The molecule has 3 heterocycles. The van der Waals surface area contributed by atoms with Crippen LogP contribution in [0.3, 0.4) is 0 Å². The highest BCUT2D eigenvalue weighted by Gasteiger charge is 2.68. The Morgan fingerprint density at radius 1 is 0.966 bits per heavy atom. The first-order valence-electron chi connectivity index (χ1n) is 10.5. The molecule has 2 bridgehead atoms. The third-order valence-electron chi connectivity index (χ3n) is 7.94. The molecular weight excluding hydrogens is 366 g/mol. The molecule has 29 heavy (non-hydrogen) atoms. The van der Waals surface area contributed by atoms with Crippen LogP contribution < -0.4 is 4.74 Å². The molecule has 0 amide bonds. The highest BCUT2D eigenvalue weighted by molar-refractivity contribution is 5.88. The number of hydrogen-bond donors (Lipinski definition) is 1. The van der Waals surface area contributed by atoms with Crippen molar-refractivity contribution in [2.45, 2.75) is 43.1 Å². The Bertz CT molecular complexity index is 950. The van der Waals surface area contributed by atoms with E-state index in [9.17, 15) is 9.90 Å². The summed E-state index contributed by atoms with van der Waals surface area (Å²) >= 11 is 0. The van der Waals surface area contributed by atoms with Gasteiger partial charge in [-0.3, -0.25) is 0 Å². The predicted octanol–water partition coefficient (Wildman–Crippen LogP) is 3.20. The van der Waals surface area contributed by atoms with Crippen LogP contribution in [0, 0.1) is 11.8 Å². The van der Waals surface area contributed by atoms with E-state index in [1.807, 2.05) is 24.3 Å². The van der Waals surface area contributed by atoms with Crippen molar-refractivity contribution in [2.75, 3.05) is 14.1 Å². The van der Waals surface area contributed by atoms with Gasteiger partial charge in [-0.25, -0.2) is 4.79 Å².